The monoisotopic (exact) mass is 249 g/mol. The Labute approximate surface area is 104 Å². The van der Waals surface area contributed by atoms with Gasteiger partial charge in [-0.1, -0.05) is 0 Å². The molecule has 1 amide bonds. The molecule has 0 radical (unpaired) electrons. The van der Waals surface area contributed by atoms with E-state index in [1.807, 2.05) is 6.92 Å². The van der Waals surface area contributed by atoms with Gasteiger partial charge in [-0.2, -0.15) is 0 Å². The number of aromatic nitrogens is 1. The average Bonchev–Trinajstić information content (AvgIpc) is 2.34. The molecule has 0 spiro atoms. The van der Waals surface area contributed by atoms with Gasteiger partial charge in [0, 0.05) is 18.3 Å². The van der Waals surface area contributed by atoms with E-state index >= 15 is 0 Å². The molecule has 1 saturated heterocycles. The lowest BCUT2D eigenvalue weighted by Gasteiger charge is -2.45. The highest BCUT2D eigenvalue weighted by Crippen LogP contribution is 2.28. The third-order valence-corrected chi connectivity index (χ3v) is 3.71. The van der Waals surface area contributed by atoms with Gasteiger partial charge >= 0.3 is 0 Å². The summed E-state index contributed by atoms with van der Waals surface area (Å²) in [6.07, 6.45) is 4.32. The highest BCUT2D eigenvalue weighted by Gasteiger charge is 2.39. The van der Waals surface area contributed by atoms with Crippen molar-refractivity contribution in [3.05, 3.63) is 28.2 Å². The van der Waals surface area contributed by atoms with Crippen LogP contribution in [0.1, 0.15) is 36.7 Å². The van der Waals surface area contributed by atoms with Crippen molar-refractivity contribution in [3.8, 4) is 5.75 Å². The first-order valence-corrected chi connectivity index (χ1v) is 6.13. The van der Waals surface area contributed by atoms with Gasteiger partial charge < -0.3 is 15.4 Å². The van der Waals surface area contributed by atoms with Crippen LogP contribution in [0.5, 0.6) is 5.75 Å². The fraction of sp³-hybridized carbons (Fsp3) is 0.500. The molecule has 2 N–H and O–H groups in total. The van der Waals surface area contributed by atoms with Gasteiger partial charge in [0.15, 0.2) is 11.4 Å². The molecule has 1 unspecified atom stereocenters. The maximum absolute atomic E-state index is 12.4. The first-order valence-electron chi connectivity index (χ1n) is 6.13. The summed E-state index contributed by atoms with van der Waals surface area (Å²) in [6.45, 7) is 1.99. The lowest BCUT2D eigenvalue weighted by molar-refractivity contribution is 0.0436. The van der Waals surface area contributed by atoms with Crippen molar-refractivity contribution in [2.45, 2.75) is 38.4 Å². The molecule has 3 rings (SSSR count). The van der Waals surface area contributed by atoms with E-state index in [0.717, 1.165) is 19.3 Å². The minimum atomic E-state index is -0.528. The molecule has 1 aromatic heterocycles. The number of aromatic hydroxyl groups is 1. The summed E-state index contributed by atoms with van der Waals surface area (Å²) < 4.78 is 1.46. The molecule has 1 fully saturated rings. The molecule has 18 heavy (non-hydrogen) atoms. The topological polar surface area (TPSA) is 74.6 Å². The number of rotatable bonds is 0. The highest BCUT2D eigenvalue weighted by molar-refractivity contribution is 5.96. The van der Waals surface area contributed by atoms with Gasteiger partial charge in [0.05, 0.1) is 0 Å². The van der Waals surface area contributed by atoms with Crippen LogP contribution in [0.2, 0.25) is 0 Å². The summed E-state index contributed by atoms with van der Waals surface area (Å²) >= 11 is 0. The van der Waals surface area contributed by atoms with Crippen LogP contribution in [-0.2, 0) is 0 Å². The van der Waals surface area contributed by atoms with Crippen molar-refractivity contribution in [3.63, 3.8) is 0 Å². The van der Waals surface area contributed by atoms with Crippen LogP contribution >= 0.6 is 0 Å². The smallest absolute Gasteiger partial charge is 0.278 e. The summed E-state index contributed by atoms with van der Waals surface area (Å²) in [4.78, 5) is 25.5. The summed E-state index contributed by atoms with van der Waals surface area (Å²) in [7, 11) is 0. The molecule has 0 bridgehead atoms. The zero-order valence-corrected chi connectivity index (χ0v) is 10.1. The zero-order valence-electron chi connectivity index (χ0n) is 10.1. The number of carbonyl (C=O) groups excluding carboxylic acids is 1. The third kappa shape index (κ3) is 1.41. The Morgan fingerprint density at radius 2 is 2.17 bits per heavy atom. The molecule has 0 saturated carbocycles. The van der Waals surface area contributed by atoms with Crippen LogP contribution in [0.15, 0.2) is 17.1 Å². The Balaban J connectivity index is 2.13. The van der Waals surface area contributed by atoms with Crippen LogP contribution in [0, 0.1) is 0 Å². The van der Waals surface area contributed by atoms with Crippen molar-refractivity contribution < 1.29 is 9.90 Å². The predicted molar refractivity (Wildman–Crippen MR) is 65.0 cm³/mol. The molecule has 3 heterocycles. The van der Waals surface area contributed by atoms with Gasteiger partial charge in [-0.05, 0) is 26.2 Å². The maximum atomic E-state index is 12.4. The van der Waals surface area contributed by atoms with Crippen LogP contribution < -0.4 is 10.9 Å². The summed E-state index contributed by atoms with van der Waals surface area (Å²) in [5.74, 6) is -0.757. The molecular formula is C12H15N3O3. The minimum absolute atomic E-state index is 0.0347. The van der Waals surface area contributed by atoms with Crippen molar-refractivity contribution in [1.82, 2.24) is 9.58 Å². The van der Waals surface area contributed by atoms with E-state index < -0.39 is 11.2 Å². The lowest BCUT2D eigenvalue weighted by atomic mass is 9.99. The molecule has 2 aliphatic heterocycles. The zero-order chi connectivity index (χ0) is 12.9. The summed E-state index contributed by atoms with van der Waals surface area (Å²) in [5, 5.41) is 9.77. The molecular weight excluding hydrogens is 234 g/mol. The number of piperidine rings is 1. The number of nitrogens with one attached hydrogen (secondary N) is 1. The molecule has 2 atom stereocenters. The van der Waals surface area contributed by atoms with Gasteiger partial charge in [-0.3, -0.25) is 14.3 Å². The van der Waals surface area contributed by atoms with E-state index in [0.29, 0.717) is 0 Å². The number of nitrogens with zero attached hydrogens (tertiary/aromatic N) is 2. The van der Waals surface area contributed by atoms with Gasteiger partial charge in [0.25, 0.3) is 5.91 Å². The number of hydrogen-bond acceptors (Lipinski definition) is 4. The van der Waals surface area contributed by atoms with Crippen molar-refractivity contribution >= 4 is 5.91 Å². The van der Waals surface area contributed by atoms with E-state index in [2.05, 4.69) is 5.43 Å². The first kappa shape index (κ1) is 11.1. The van der Waals surface area contributed by atoms with Crippen LogP contribution in [0.3, 0.4) is 0 Å². The molecule has 2 aliphatic rings. The standard InChI is InChI=1S/C12H15N3O3/c1-7-3-2-4-9-13-14-6-5-8(16)11(17)10(14)12(18)15(7)9/h5-7,9,13,17H,2-4H2,1H3/t7-,9?/m0/s1. The Bertz CT molecular complexity index is 566. The fourth-order valence-corrected chi connectivity index (χ4v) is 2.78. The van der Waals surface area contributed by atoms with E-state index in [-0.39, 0.29) is 23.8 Å². The van der Waals surface area contributed by atoms with Crippen molar-refractivity contribution in [2.75, 3.05) is 5.43 Å². The average molecular weight is 249 g/mol. The van der Waals surface area contributed by atoms with E-state index in [4.69, 9.17) is 0 Å². The molecule has 6 nitrogen and oxygen atoms in total. The maximum Gasteiger partial charge on any atom is 0.278 e. The summed E-state index contributed by atoms with van der Waals surface area (Å²) in [6, 6.07) is 1.37. The van der Waals surface area contributed by atoms with Crippen LogP contribution in [0.4, 0.5) is 0 Å². The second-order valence-electron chi connectivity index (χ2n) is 4.88. The molecule has 0 aliphatic carbocycles. The second-order valence-corrected chi connectivity index (χ2v) is 4.88. The SMILES string of the molecule is C[C@H]1CCCC2Nn3ccc(=O)c(O)c3C(=O)N21. The van der Waals surface area contributed by atoms with E-state index in [9.17, 15) is 14.7 Å². The van der Waals surface area contributed by atoms with E-state index in [1.165, 1.54) is 16.9 Å². The molecule has 1 aromatic rings. The van der Waals surface area contributed by atoms with Gasteiger partial charge in [0.1, 0.15) is 6.17 Å². The molecule has 6 heteroatoms. The van der Waals surface area contributed by atoms with Gasteiger partial charge in [-0.15, -0.1) is 0 Å². The van der Waals surface area contributed by atoms with E-state index in [1.54, 1.807) is 4.90 Å². The quantitative estimate of drug-likeness (QED) is 0.700. The molecule has 0 aromatic carbocycles. The number of pyridine rings is 1. The second kappa shape index (κ2) is 3.76. The fourth-order valence-electron chi connectivity index (χ4n) is 2.78. The Morgan fingerprint density at radius 3 is 2.94 bits per heavy atom. The Kier molecular flexibility index (Phi) is 2.33. The Morgan fingerprint density at radius 1 is 1.39 bits per heavy atom. The van der Waals surface area contributed by atoms with Crippen LogP contribution in [0.25, 0.3) is 0 Å². The van der Waals surface area contributed by atoms with Gasteiger partial charge in [-0.25, -0.2) is 0 Å². The number of carbonyl (C=O) groups is 1. The minimum Gasteiger partial charge on any atom is -0.502 e. The Hall–Kier alpha value is -1.98. The number of amides is 1. The largest absolute Gasteiger partial charge is 0.502 e. The summed E-state index contributed by atoms with van der Waals surface area (Å²) in [5.41, 5.74) is 2.66. The van der Waals surface area contributed by atoms with Crippen LogP contribution in [-0.4, -0.2) is 32.8 Å². The van der Waals surface area contributed by atoms with Crippen molar-refractivity contribution in [2.24, 2.45) is 0 Å². The normalized spacial score (nSPS) is 26.3. The highest BCUT2D eigenvalue weighted by atomic mass is 16.3. The number of hydrogen-bond donors (Lipinski definition) is 2. The predicted octanol–water partition coefficient (Wildman–Crippen LogP) is 0.452. The number of fused-ring (bicyclic) bond motifs is 2. The first-order chi connectivity index (χ1) is 8.59. The van der Waals surface area contributed by atoms with Crippen molar-refractivity contribution in [1.29, 1.82) is 0 Å². The third-order valence-electron chi connectivity index (χ3n) is 3.71. The van der Waals surface area contributed by atoms with Gasteiger partial charge in [0.2, 0.25) is 5.43 Å². The lowest BCUT2D eigenvalue weighted by Crippen LogP contribution is -2.58. The molecule has 96 valence electrons.